The van der Waals surface area contributed by atoms with Gasteiger partial charge in [0.25, 0.3) is 0 Å². The summed E-state index contributed by atoms with van der Waals surface area (Å²) in [5.41, 5.74) is 10.8. The lowest BCUT2D eigenvalue weighted by atomic mass is 9.99. The van der Waals surface area contributed by atoms with Gasteiger partial charge in [-0.1, -0.05) is 78.9 Å². The van der Waals surface area contributed by atoms with Crippen molar-refractivity contribution < 1.29 is 0 Å². The first-order valence-electron chi connectivity index (χ1n) is 13.9. The summed E-state index contributed by atoms with van der Waals surface area (Å²) in [4.78, 5) is 0. The molecule has 9 rings (SSSR count). The fourth-order valence-electron chi connectivity index (χ4n) is 6.36. The molecule has 2 nitrogen and oxygen atoms in total. The summed E-state index contributed by atoms with van der Waals surface area (Å²) in [6, 6.07) is 46.3. The van der Waals surface area contributed by atoms with E-state index in [-0.39, 0.29) is 0 Å². The number of nitrogens with zero attached hydrogens (tertiary/aromatic N) is 1. The second-order valence-corrected chi connectivity index (χ2v) is 11.8. The minimum absolute atomic E-state index is 1.13. The molecule has 3 heterocycles. The van der Waals surface area contributed by atoms with Crippen molar-refractivity contribution in [3.63, 3.8) is 0 Å². The maximum absolute atomic E-state index is 3.74. The summed E-state index contributed by atoms with van der Waals surface area (Å²) in [7, 11) is 0. The van der Waals surface area contributed by atoms with Gasteiger partial charge in [0.2, 0.25) is 0 Å². The van der Waals surface area contributed by atoms with Gasteiger partial charge < -0.3 is 9.88 Å². The van der Waals surface area contributed by atoms with Crippen LogP contribution in [0.2, 0.25) is 0 Å². The number of benzene rings is 6. The number of thiophene rings is 1. The Kier molecular flexibility index (Phi) is 4.80. The Morgan fingerprint density at radius 2 is 1.17 bits per heavy atom. The zero-order valence-corrected chi connectivity index (χ0v) is 23.0. The van der Waals surface area contributed by atoms with E-state index in [0.717, 1.165) is 11.4 Å². The maximum Gasteiger partial charge on any atom is 0.0541 e. The molecule has 0 bridgehead atoms. The lowest BCUT2D eigenvalue weighted by Gasteiger charge is -2.12. The van der Waals surface area contributed by atoms with Crippen LogP contribution in [0.3, 0.4) is 0 Å². The van der Waals surface area contributed by atoms with Crippen LogP contribution in [0.4, 0.5) is 11.4 Å². The fourth-order valence-corrected chi connectivity index (χ4v) is 7.50. The van der Waals surface area contributed by atoms with Crippen LogP contribution >= 0.6 is 11.3 Å². The molecule has 1 aliphatic rings. The average molecular weight is 541 g/mol. The first-order valence-corrected chi connectivity index (χ1v) is 14.8. The minimum Gasteiger partial charge on any atom is -0.355 e. The molecular formula is C38H24N2S. The number of rotatable bonds is 2. The van der Waals surface area contributed by atoms with E-state index in [1.54, 1.807) is 0 Å². The highest BCUT2D eigenvalue weighted by atomic mass is 32.1. The number of para-hydroxylation sites is 2. The van der Waals surface area contributed by atoms with E-state index < -0.39 is 0 Å². The Morgan fingerprint density at radius 1 is 0.463 bits per heavy atom. The third kappa shape index (κ3) is 3.49. The van der Waals surface area contributed by atoms with Gasteiger partial charge in [-0.05, 0) is 82.9 Å². The van der Waals surface area contributed by atoms with E-state index in [4.69, 9.17) is 0 Å². The highest BCUT2D eigenvalue weighted by Gasteiger charge is 2.16. The Hall–Kier alpha value is -5.12. The van der Waals surface area contributed by atoms with Gasteiger partial charge in [-0.15, -0.1) is 11.3 Å². The number of aromatic nitrogens is 1. The van der Waals surface area contributed by atoms with Gasteiger partial charge >= 0.3 is 0 Å². The van der Waals surface area contributed by atoms with Crippen LogP contribution < -0.4 is 5.32 Å². The molecule has 1 aliphatic heterocycles. The Balaban J connectivity index is 1.15. The van der Waals surface area contributed by atoms with E-state index in [0.29, 0.717) is 0 Å². The zero-order valence-electron chi connectivity index (χ0n) is 22.1. The van der Waals surface area contributed by atoms with Crippen LogP contribution in [0.25, 0.3) is 70.9 Å². The monoisotopic (exact) mass is 540 g/mol. The molecule has 0 radical (unpaired) electrons. The third-order valence-corrected chi connectivity index (χ3v) is 9.47. The number of anilines is 2. The van der Waals surface area contributed by atoms with Crippen LogP contribution in [-0.4, -0.2) is 4.57 Å². The predicted molar refractivity (Wildman–Crippen MR) is 178 cm³/mol. The predicted octanol–water partition coefficient (Wildman–Crippen LogP) is 11.0. The van der Waals surface area contributed by atoms with Gasteiger partial charge in [0.05, 0.1) is 11.0 Å². The largest absolute Gasteiger partial charge is 0.355 e. The molecule has 0 aliphatic carbocycles. The second kappa shape index (κ2) is 8.69. The van der Waals surface area contributed by atoms with Gasteiger partial charge in [-0.25, -0.2) is 0 Å². The topological polar surface area (TPSA) is 17.0 Å². The summed E-state index contributed by atoms with van der Waals surface area (Å²) >= 11 is 1.86. The molecule has 0 unspecified atom stereocenters. The Bertz CT molecular complexity index is 2340. The summed E-state index contributed by atoms with van der Waals surface area (Å²) < 4.78 is 5.02. The standard InChI is InChI=1S/C38H24N2S/c1-2-8-28(9-3-1)40-35-12-6-4-10-29(35)31-21-25(17-19-36(31)40)24-16-18-33-26(20-24)14-15-27-22-38-32(23-34(27)39-33)30-11-5-7-13-37(30)41-38/h1-23,39H. The highest BCUT2D eigenvalue weighted by molar-refractivity contribution is 7.25. The molecule has 8 aromatic rings. The van der Waals surface area contributed by atoms with E-state index >= 15 is 0 Å². The van der Waals surface area contributed by atoms with Crippen LogP contribution in [-0.2, 0) is 0 Å². The van der Waals surface area contributed by atoms with Crippen LogP contribution in [0.1, 0.15) is 11.1 Å². The molecular weight excluding hydrogens is 516 g/mol. The smallest absolute Gasteiger partial charge is 0.0541 e. The van der Waals surface area contributed by atoms with Crippen LogP contribution in [0.5, 0.6) is 0 Å². The molecule has 3 heteroatoms. The van der Waals surface area contributed by atoms with Crippen molar-refractivity contribution in [2.24, 2.45) is 0 Å². The average Bonchev–Trinajstić information content (AvgIpc) is 3.49. The number of hydrogen-bond donors (Lipinski definition) is 1. The van der Waals surface area contributed by atoms with Gasteiger partial charge in [0.15, 0.2) is 0 Å². The molecule has 0 saturated carbocycles. The first-order chi connectivity index (χ1) is 20.3. The van der Waals surface area contributed by atoms with Crippen LogP contribution in [0.15, 0.2) is 127 Å². The third-order valence-electron chi connectivity index (χ3n) is 8.33. The van der Waals surface area contributed by atoms with Crippen molar-refractivity contribution in [3.05, 3.63) is 139 Å². The molecule has 0 amide bonds. The lowest BCUT2D eigenvalue weighted by Crippen LogP contribution is -1.94. The molecule has 0 atom stereocenters. The van der Waals surface area contributed by atoms with E-state index in [1.807, 2.05) is 11.3 Å². The van der Waals surface area contributed by atoms with Gasteiger partial charge in [-0.2, -0.15) is 0 Å². The van der Waals surface area contributed by atoms with Crippen molar-refractivity contribution in [2.75, 3.05) is 5.32 Å². The van der Waals surface area contributed by atoms with Gasteiger partial charge in [0.1, 0.15) is 0 Å². The van der Waals surface area contributed by atoms with Crippen LogP contribution in [0, 0.1) is 0 Å². The molecule has 0 fully saturated rings. The van der Waals surface area contributed by atoms with Gasteiger partial charge in [0, 0.05) is 48.0 Å². The molecule has 0 spiro atoms. The van der Waals surface area contributed by atoms with E-state index in [9.17, 15) is 0 Å². The molecule has 6 aromatic carbocycles. The summed E-state index contributed by atoms with van der Waals surface area (Å²) in [5.74, 6) is 0. The van der Waals surface area contributed by atoms with E-state index in [2.05, 4.69) is 149 Å². The molecule has 0 saturated heterocycles. The van der Waals surface area contributed by atoms with Crippen molar-refractivity contribution in [2.45, 2.75) is 0 Å². The first kappa shape index (κ1) is 22.7. The van der Waals surface area contributed by atoms with Crippen molar-refractivity contribution in [1.29, 1.82) is 0 Å². The fraction of sp³-hybridized carbons (Fsp3) is 0. The number of nitrogens with one attached hydrogen (secondary N) is 1. The Morgan fingerprint density at radius 3 is 2.07 bits per heavy atom. The minimum atomic E-state index is 1.13. The normalized spacial score (nSPS) is 12.5. The Labute approximate surface area is 241 Å². The quantitative estimate of drug-likeness (QED) is 0.231. The summed E-state index contributed by atoms with van der Waals surface area (Å²) in [6.07, 6.45) is 4.50. The molecule has 1 N–H and O–H groups in total. The van der Waals surface area contributed by atoms with Crippen molar-refractivity contribution >= 4 is 76.8 Å². The molecule has 2 aromatic heterocycles. The lowest BCUT2D eigenvalue weighted by molar-refractivity contribution is 1.18. The highest BCUT2D eigenvalue weighted by Crippen LogP contribution is 2.41. The second-order valence-electron chi connectivity index (χ2n) is 10.7. The SMILES string of the molecule is C1=Cc2cc3sc4ccccc4c3cc2Nc2ccc(-c3ccc4c(c3)c3ccccc3n4-c3ccccc3)cc21. The van der Waals surface area contributed by atoms with E-state index in [1.165, 1.54) is 69.9 Å². The summed E-state index contributed by atoms with van der Waals surface area (Å²) in [6.45, 7) is 0. The number of hydrogen-bond acceptors (Lipinski definition) is 2. The van der Waals surface area contributed by atoms with Gasteiger partial charge in [-0.3, -0.25) is 0 Å². The maximum atomic E-state index is 3.74. The zero-order chi connectivity index (χ0) is 26.9. The number of fused-ring (bicyclic) bond motifs is 8. The van der Waals surface area contributed by atoms with Crippen molar-refractivity contribution in [1.82, 2.24) is 4.57 Å². The van der Waals surface area contributed by atoms with Crippen molar-refractivity contribution in [3.8, 4) is 16.8 Å². The molecule has 41 heavy (non-hydrogen) atoms. The summed E-state index contributed by atoms with van der Waals surface area (Å²) in [5, 5.41) is 8.92. The molecule has 192 valence electrons.